The van der Waals surface area contributed by atoms with Gasteiger partial charge in [0.1, 0.15) is 12.6 Å². The van der Waals surface area contributed by atoms with Gasteiger partial charge in [0.05, 0.1) is 18.6 Å². The van der Waals surface area contributed by atoms with Gasteiger partial charge in [-0.1, -0.05) is 55.0 Å². The van der Waals surface area contributed by atoms with Crippen molar-refractivity contribution < 1.29 is 29.0 Å². The first-order valence-electron chi connectivity index (χ1n) is 12.2. The Morgan fingerprint density at radius 1 is 1.09 bits per heavy atom. The van der Waals surface area contributed by atoms with E-state index in [1.807, 2.05) is 48.5 Å². The van der Waals surface area contributed by atoms with E-state index in [0.29, 0.717) is 19.1 Å². The van der Waals surface area contributed by atoms with E-state index in [0.717, 1.165) is 47.9 Å². The summed E-state index contributed by atoms with van der Waals surface area (Å²) < 4.78 is 11.5. The molecule has 2 aliphatic carbocycles. The second kappa shape index (κ2) is 9.70. The third-order valence-corrected chi connectivity index (χ3v) is 7.45. The van der Waals surface area contributed by atoms with Crippen LogP contribution in [0.4, 0.5) is 4.79 Å². The second-order valence-electron chi connectivity index (χ2n) is 9.79. The Labute approximate surface area is 204 Å². The van der Waals surface area contributed by atoms with Gasteiger partial charge in [0.2, 0.25) is 5.91 Å². The van der Waals surface area contributed by atoms with Gasteiger partial charge in [0.25, 0.3) is 0 Å². The van der Waals surface area contributed by atoms with Crippen LogP contribution in [-0.4, -0.2) is 54.5 Å². The van der Waals surface area contributed by atoms with E-state index in [9.17, 15) is 19.5 Å². The van der Waals surface area contributed by atoms with Crippen LogP contribution in [0.15, 0.2) is 48.5 Å². The standard InChI is InChI=1S/C27H30N2O6/c30-24(31)12-23(25(32)28-16-27-11-5-6-17(13-27)14-35-27)29-26(33)34-15-22-20-9-3-1-7-18(20)19-8-2-4-10-21(19)22/h1-4,7-10,17,22-23H,5-6,11-16H2,(H,28,32)(H,29,33)(H,30,31). The molecule has 1 heterocycles. The Morgan fingerprint density at radius 3 is 2.46 bits per heavy atom. The summed E-state index contributed by atoms with van der Waals surface area (Å²) in [5.41, 5.74) is 3.99. The number of alkyl carbamates (subject to hydrolysis) is 1. The van der Waals surface area contributed by atoms with Crippen LogP contribution in [0.5, 0.6) is 0 Å². The normalized spacial score (nSPS) is 23.1. The largest absolute Gasteiger partial charge is 0.481 e. The van der Waals surface area contributed by atoms with Crippen LogP contribution in [-0.2, 0) is 19.1 Å². The molecular weight excluding hydrogens is 448 g/mol. The minimum absolute atomic E-state index is 0.0829. The van der Waals surface area contributed by atoms with E-state index in [1.54, 1.807) is 0 Å². The van der Waals surface area contributed by atoms with Gasteiger partial charge in [-0.05, 0) is 47.4 Å². The van der Waals surface area contributed by atoms with Crippen molar-refractivity contribution in [3.63, 3.8) is 0 Å². The molecule has 1 saturated carbocycles. The van der Waals surface area contributed by atoms with Crippen molar-refractivity contribution in [2.45, 2.75) is 49.7 Å². The Kier molecular flexibility index (Phi) is 6.47. The summed E-state index contributed by atoms with van der Waals surface area (Å²) in [4.78, 5) is 36.8. The summed E-state index contributed by atoms with van der Waals surface area (Å²) >= 11 is 0. The lowest BCUT2D eigenvalue weighted by Crippen LogP contribution is -2.52. The van der Waals surface area contributed by atoms with Crippen molar-refractivity contribution in [1.29, 1.82) is 0 Å². The van der Waals surface area contributed by atoms with E-state index in [-0.39, 0.29) is 18.1 Å². The molecule has 1 aliphatic heterocycles. The zero-order valence-corrected chi connectivity index (χ0v) is 19.5. The van der Waals surface area contributed by atoms with Crippen LogP contribution in [0.3, 0.4) is 0 Å². The smallest absolute Gasteiger partial charge is 0.407 e. The number of benzene rings is 2. The van der Waals surface area contributed by atoms with E-state index in [2.05, 4.69) is 10.6 Å². The minimum atomic E-state index is -1.24. The molecule has 8 heteroatoms. The van der Waals surface area contributed by atoms with Gasteiger partial charge >= 0.3 is 12.1 Å². The highest BCUT2D eigenvalue weighted by molar-refractivity contribution is 5.89. The Morgan fingerprint density at radius 2 is 1.77 bits per heavy atom. The number of carbonyl (C=O) groups excluding carboxylic acids is 2. The maximum absolute atomic E-state index is 12.8. The molecule has 2 bridgehead atoms. The Bertz CT molecular complexity index is 1080. The van der Waals surface area contributed by atoms with Gasteiger partial charge in [-0.3, -0.25) is 9.59 Å². The number of amides is 2. The summed E-state index contributed by atoms with van der Waals surface area (Å²) in [5, 5.41) is 14.6. The van der Waals surface area contributed by atoms with Crippen LogP contribution in [0, 0.1) is 5.92 Å². The summed E-state index contributed by atoms with van der Waals surface area (Å²) in [5.74, 6) is -1.34. The lowest BCUT2D eigenvalue weighted by molar-refractivity contribution is -0.140. The fourth-order valence-corrected chi connectivity index (χ4v) is 5.76. The molecule has 2 aromatic carbocycles. The third-order valence-electron chi connectivity index (χ3n) is 7.45. The van der Waals surface area contributed by atoms with Crippen LogP contribution in [0.1, 0.15) is 49.1 Å². The molecule has 5 rings (SSSR count). The Balaban J connectivity index is 1.20. The molecule has 0 spiro atoms. The zero-order valence-electron chi connectivity index (χ0n) is 19.5. The quantitative estimate of drug-likeness (QED) is 0.536. The number of carbonyl (C=O) groups is 3. The van der Waals surface area contributed by atoms with Crippen molar-refractivity contribution in [2.24, 2.45) is 5.92 Å². The fourth-order valence-electron chi connectivity index (χ4n) is 5.76. The molecule has 0 aromatic heterocycles. The maximum Gasteiger partial charge on any atom is 0.407 e. The highest BCUT2D eigenvalue weighted by Gasteiger charge is 2.43. The molecule has 1 saturated heterocycles. The van der Waals surface area contributed by atoms with Gasteiger partial charge in [-0.25, -0.2) is 4.79 Å². The molecular formula is C27H30N2O6. The highest BCUT2D eigenvalue weighted by atomic mass is 16.5. The van der Waals surface area contributed by atoms with Gasteiger partial charge in [-0.15, -0.1) is 0 Å². The lowest BCUT2D eigenvalue weighted by atomic mass is 9.81. The van der Waals surface area contributed by atoms with Crippen molar-refractivity contribution in [3.8, 4) is 11.1 Å². The first-order chi connectivity index (χ1) is 16.9. The molecule has 8 nitrogen and oxygen atoms in total. The molecule has 3 N–H and O–H groups in total. The first-order valence-corrected chi connectivity index (χ1v) is 12.2. The number of carboxylic acids is 1. The van der Waals surface area contributed by atoms with Crippen molar-refractivity contribution in [1.82, 2.24) is 10.6 Å². The van der Waals surface area contributed by atoms with Gasteiger partial charge < -0.3 is 25.2 Å². The average Bonchev–Trinajstić information content (AvgIpc) is 3.34. The fraction of sp³-hybridized carbons (Fsp3) is 0.444. The second-order valence-corrected chi connectivity index (χ2v) is 9.79. The number of aliphatic carboxylic acids is 1. The SMILES string of the molecule is O=C(O)CC(NC(=O)OCC1c2ccccc2-c2ccccc21)C(=O)NCC12CCCC(CO1)C2. The number of rotatable bonds is 8. The number of ether oxygens (including phenoxy) is 2. The van der Waals surface area contributed by atoms with E-state index >= 15 is 0 Å². The molecule has 3 unspecified atom stereocenters. The van der Waals surface area contributed by atoms with Crippen LogP contribution in [0.25, 0.3) is 11.1 Å². The van der Waals surface area contributed by atoms with Crippen molar-refractivity contribution >= 4 is 18.0 Å². The average molecular weight is 479 g/mol. The number of hydrogen-bond donors (Lipinski definition) is 3. The summed E-state index contributed by atoms with van der Waals surface area (Å²) in [6, 6.07) is 14.7. The monoisotopic (exact) mass is 478 g/mol. The molecule has 0 radical (unpaired) electrons. The predicted octanol–water partition coefficient (Wildman–Crippen LogP) is 3.44. The summed E-state index contributed by atoms with van der Waals surface area (Å²) in [6.07, 6.45) is 2.61. The van der Waals surface area contributed by atoms with Gasteiger partial charge in [-0.2, -0.15) is 0 Å². The number of carboxylic acid groups (broad SMARTS) is 1. The minimum Gasteiger partial charge on any atom is -0.481 e. The molecule has 2 fully saturated rings. The Hall–Kier alpha value is -3.39. The van der Waals surface area contributed by atoms with Crippen LogP contribution < -0.4 is 10.6 Å². The zero-order chi connectivity index (χ0) is 24.4. The molecule has 2 aromatic rings. The number of fused-ring (bicyclic) bond motifs is 5. The molecule has 3 aliphatic rings. The van der Waals surface area contributed by atoms with E-state index < -0.39 is 30.4 Å². The van der Waals surface area contributed by atoms with E-state index in [1.165, 1.54) is 0 Å². The molecule has 35 heavy (non-hydrogen) atoms. The molecule has 184 valence electrons. The van der Waals surface area contributed by atoms with Gasteiger partial charge in [0, 0.05) is 12.5 Å². The van der Waals surface area contributed by atoms with E-state index in [4.69, 9.17) is 9.47 Å². The van der Waals surface area contributed by atoms with Crippen molar-refractivity contribution in [3.05, 3.63) is 59.7 Å². The summed E-state index contributed by atoms with van der Waals surface area (Å²) in [7, 11) is 0. The molecule has 3 atom stereocenters. The number of hydrogen-bond acceptors (Lipinski definition) is 5. The van der Waals surface area contributed by atoms with Crippen LogP contribution >= 0.6 is 0 Å². The summed E-state index contributed by atoms with van der Waals surface area (Å²) in [6.45, 7) is 1.09. The molecule has 2 amide bonds. The van der Waals surface area contributed by atoms with Crippen molar-refractivity contribution in [2.75, 3.05) is 19.8 Å². The number of nitrogens with one attached hydrogen (secondary N) is 2. The lowest BCUT2D eigenvalue weighted by Gasteiger charge is -2.32. The van der Waals surface area contributed by atoms with Crippen LogP contribution in [0.2, 0.25) is 0 Å². The first kappa shape index (κ1) is 23.4. The predicted molar refractivity (Wildman–Crippen MR) is 128 cm³/mol. The maximum atomic E-state index is 12.8. The van der Waals surface area contributed by atoms with Gasteiger partial charge in [0.15, 0.2) is 0 Å². The third kappa shape index (κ3) is 4.89. The highest BCUT2D eigenvalue weighted by Crippen LogP contribution is 2.44. The topological polar surface area (TPSA) is 114 Å².